The molecule has 0 aliphatic heterocycles. The number of Topliss-reactive ketones (excluding diaryl/α,β-unsaturated/α-hetero) is 1. The summed E-state index contributed by atoms with van der Waals surface area (Å²) in [5, 5.41) is 0.455. The standard InChI is InChI=1S/C18H18ClNO3/c19-14-9-4-3-8-13(14)18(20)11-5-10-15(16(18)21)23-17(22)12-6-1-2-7-12/h1,3-4,6-9,15H,2,5,10-11,20H2/t15-,18-/m1/s1. The molecule has 0 amide bonds. The van der Waals surface area contributed by atoms with Gasteiger partial charge in [-0.2, -0.15) is 0 Å². The van der Waals surface area contributed by atoms with Crippen LogP contribution in [-0.4, -0.2) is 17.9 Å². The van der Waals surface area contributed by atoms with Crippen LogP contribution in [0.3, 0.4) is 0 Å². The second-order valence-electron chi connectivity index (χ2n) is 5.90. The molecular weight excluding hydrogens is 314 g/mol. The summed E-state index contributed by atoms with van der Waals surface area (Å²) in [6, 6.07) is 7.06. The summed E-state index contributed by atoms with van der Waals surface area (Å²) in [5.41, 5.74) is 6.26. The maximum Gasteiger partial charge on any atom is 0.338 e. The number of carbonyl (C=O) groups excluding carboxylic acids is 2. The lowest BCUT2D eigenvalue weighted by Gasteiger charge is -2.36. The molecule has 0 saturated heterocycles. The van der Waals surface area contributed by atoms with Crippen molar-refractivity contribution in [2.45, 2.75) is 37.3 Å². The molecule has 1 saturated carbocycles. The number of ketones is 1. The van der Waals surface area contributed by atoms with E-state index in [9.17, 15) is 9.59 Å². The Labute approximate surface area is 139 Å². The third-order valence-electron chi connectivity index (χ3n) is 4.38. The van der Waals surface area contributed by atoms with Gasteiger partial charge in [0, 0.05) is 5.02 Å². The van der Waals surface area contributed by atoms with Crippen molar-refractivity contribution in [3.8, 4) is 0 Å². The van der Waals surface area contributed by atoms with Crippen LogP contribution in [0.25, 0.3) is 0 Å². The fourth-order valence-corrected chi connectivity index (χ4v) is 3.42. The van der Waals surface area contributed by atoms with E-state index in [1.54, 1.807) is 36.4 Å². The molecule has 0 bridgehead atoms. The van der Waals surface area contributed by atoms with E-state index in [1.807, 2.05) is 6.08 Å². The van der Waals surface area contributed by atoms with Gasteiger partial charge in [-0.05, 0) is 37.3 Å². The van der Waals surface area contributed by atoms with Gasteiger partial charge < -0.3 is 10.5 Å². The number of allylic oxidation sites excluding steroid dienone is 2. The Kier molecular flexibility index (Phi) is 4.37. The maximum absolute atomic E-state index is 12.9. The lowest BCUT2D eigenvalue weighted by Crippen LogP contribution is -2.53. The first-order valence-electron chi connectivity index (χ1n) is 7.68. The van der Waals surface area contributed by atoms with Crippen molar-refractivity contribution >= 4 is 23.4 Å². The molecule has 0 aromatic heterocycles. The summed E-state index contributed by atoms with van der Waals surface area (Å²) >= 11 is 6.21. The summed E-state index contributed by atoms with van der Waals surface area (Å²) < 4.78 is 5.41. The molecule has 2 aliphatic carbocycles. The van der Waals surface area contributed by atoms with Gasteiger partial charge in [-0.25, -0.2) is 4.79 Å². The first-order chi connectivity index (χ1) is 11.0. The van der Waals surface area contributed by atoms with Crippen LogP contribution < -0.4 is 5.73 Å². The number of benzene rings is 1. The van der Waals surface area contributed by atoms with Crippen molar-refractivity contribution in [1.82, 2.24) is 0 Å². The zero-order chi connectivity index (χ0) is 16.4. The summed E-state index contributed by atoms with van der Waals surface area (Å²) in [7, 11) is 0. The first-order valence-corrected chi connectivity index (χ1v) is 8.06. The van der Waals surface area contributed by atoms with Crippen LogP contribution in [0.5, 0.6) is 0 Å². The van der Waals surface area contributed by atoms with Crippen LogP contribution in [-0.2, 0) is 19.9 Å². The predicted molar refractivity (Wildman–Crippen MR) is 87.9 cm³/mol. The molecule has 0 unspecified atom stereocenters. The fraction of sp³-hybridized carbons (Fsp3) is 0.333. The summed E-state index contributed by atoms with van der Waals surface area (Å²) in [5.74, 6) is -0.756. The number of hydrogen-bond acceptors (Lipinski definition) is 4. The van der Waals surface area contributed by atoms with Crippen LogP contribution in [0.15, 0.2) is 48.1 Å². The molecule has 0 heterocycles. The number of halogens is 1. The monoisotopic (exact) mass is 331 g/mol. The highest BCUT2D eigenvalue weighted by Crippen LogP contribution is 2.37. The molecule has 1 aromatic rings. The normalized spacial score (nSPS) is 27.0. The zero-order valence-corrected chi connectivity index (χ0v) is 13.4. The Morgan fingerprint density at radius 1 is 1.35 bits per heavy atom. The maximum atomic E-state index is 12.9. The lowest BCUT2D eigenvalue weighted by molar-refractivity contribution is -0.156. The van der Waals surface area contributed by atoms with E-state index in [-0.39, 0.29) is 5.78 Å². The smallest absolute Gasteiger partial charge is 0.338 e. The van der Waals surface area contributed by atoms with Gasteiger partial charge in [0.2, 0.25) is 0 Å². The van der Waals surface area contributed by atoms with Crippen LogP contribution in [0.2, 0.25) is 5.02 Å². The molecule has 4 nitrogen and oxygen atoms in total. The summed E-state index contributed by atoms with van der Waals surface area (Å²) in [6.07, 6.45) is 6.92. The quantitative estimate of drug-likeness (QED) is 0.864. The second-order valence-corrected chi connectivity index (χ2v) is 6.31. The highest BCUT2D eigenvalue weighted by Gasteiger charge is 2.45. The van der Waals surface area contributed by atoms with Crippen LogP contribution in [0, 0.1) is 0 Å². The highest BCUT2D eigenvalue weighted by atomic mass is 35.5. The predicted octanol–water partition coefficient (Wildman–Crippen LogP) is 3.05. The average molecular weight is 332 g/mol. The molecule has 0 radical (unpaired) electrons. The largest absolute Gasteiger partial charge is 0.451 e. The van der Waals surface area contributed by atoms with Gasteiger partial charge in [-0.1, -0.05) is 48.0 Å². The lowest BCUT2D eigenvalue weighted by atomic mass is 9.75. The number of hydrogen-bond donors (Lipinski definition) is 1. The second kappa shape index (κ2) is 6.30. The summed E-state index contributed by atoms with van der Waals surface area (Å²) in [4.78, 5) is 25.0. The van der Waals surface area contributed by atoms with Crippen molar-refractivity contribution in [1.29, 1.82) is 0 Å². The molecule has 2 atom stereocenters. The summed E-state index contributed by atoms with van der Waals surface area (Å²) in [6.45, 7) is 0. The van der Waals surface area contributed by atoms with Crippen molar-refractivity contribution in [2.24, 2.45) is 5.73 Å². The Morgan fingerprint density at radius 2 is 2.13 bits per heavy atom. The number of rotatable bonds is 3. The highest BCUT2D eigenvalue weighted by molar-refractivity contribution is 6.31. The Morgan fingerprint density at radius 3 is 2.83 bits per heavy atom. The van der Waals surface area contributed by atoms with Crippen molar-refractivity contribution in [2.75, 3.05) is 0 Å². The van der Waals surface area contributed by atoms with Gasteiger partial charge in [-0.3, -0.25) is 4.79 Å². The van der Waals surface area contributed by atoms with Gasteiger partial charge in [0.15, 0.2) is 11.9 Å². The number of carbonyl (C=O) groups is 2. The van der Waals surface area contributed by atoms with Gasteiger partial charge in [-0.15, -0.1) is 0 Å². The molecule has 1 fully saturated rings. The molecule has 1 aromatic carbocycles. The fourth-order valence-electron chi connectivity index (χ4n) is 3.12. The van der Waals surface area contributed by atoms with Crippen molar-refractivity contribution in [3.63, 3.8) is 0 Å². The van der Waals surface area contributed by atoms with E-state index in [4.69, 9.17) is 22.1 Å². The minimum Gasteiger partial charge on any atom is -0.451 e. The van der Waals surface area contributed by atoms with E-state index in [0.29, 0.717) is 41.8 Å². The Hall–Kier alpha value is -1.91. The number of ether oxygens (including phenoxy) is 1. The van der Waals surface area contributed by atoms with Crippen LogP contribution >= 0.6 is 11.6 Å². The Balaban J connectivity index is 1.82. The molecule has 2 N–H and O–H groups in total. The molecule has 0 spiro atoms. The molecule has 5 heteroatoms. The topological polar surface area (TPSA) is 69.4 Å². The molecule has 120 valence electrons. The molecular formula is C18H18ClNO3. The molecule has 23 heavy (non-hydrogen) atoms. The van der Waals surface area contributed by atoms with E-state index in [2.05, 4.69) is 0 Å². The van der Waals surface area contributed by atoms with E-state index >= 15 is 0 Å². The first kappa shape index (κ1) is 16.0. The van der Waals surface area contributed by atoms with E-state index in [1.165, 1.54) is 0 Å². The van der Waals surface area contributed by atoms with Gasteiger partial charge >= 0.3 is 5.97 Å². The van der Waals surface area contributed by atoms with Gasteiger partial charge in [0.1, 0.15) is 5.54 Å². The van der Waals surface area contributed by atoms with Crippen molar-refractivity contribution < 1.29 is 14.3 Å². The zero-order valence-electron chi connectivity index (χ0n) is 12.6. The van der Waals surface area contributed by atoms with Gasteiger partial charge in [0.25, 0.3) is 0 Å². The number of esters is 1. The molecule has 3 rings (SSSR count). The van der Waals surface area contributed by atoms with E-state index in [0.717, 1.165) is 0 Å². The van der Waals surface area contributed by atoms with Crippen molar-refractivity contribution in [3.05, 3.63) is 58.7 Å². The molecule has 2 aliphatic rings. The third-order valence-corrected chi connectivity index (χ3v) is 4.71. The van der Waals surface area contributed by atoms with E-state index < -0.39 is 17.6 Å². The van der Waals surface area contributed by atoms with Gasteiger partial charge in [0.05, 0.1) is 5.57 Å². The average Bonchev–Trinajstić information content (AvgIpc) is 3.07. The van der Waals surface area contributed by atoms with Crippen LogP contribution in [0.4, 0.5) is 0 Å². The third kappa shape index (κ3) is 2.96. The SMILES string of the molecule is N[C@@]1(c2ccccc2Cl)CCC[C@@H](OC(=O)C2=CCC=C2)C1=O. The Bertz CT molecular complexity index is 710. The number of nitrogens with two attached hydrogens (primary N) is 1. The van der Waals surface area contributed by atoms with Crippen LogP contribution in [0.1, 0.15) is 31.2 Å². The minimum atomic E-state index is -1.21. The minimum absolute atomic E-state index is 0.284.